The Labute approximate surface area is 149 Å². The second-order valence-corrected chi connectivity index (χ2v) is 6.50. The number of fused-ring (bicyclic) bond motifs is 1. The molecular formula is C19H28N2O4. The lowest BCUT2D eigenvalue weighted by Crippen LogP contribution is -2.42. The van der Waals surface area contributed by atoms with E-state index in [0.29, 0.717) is 32.8 Å². The fourth-order valence-electron chi connectivity index (χ4n) is 3.55. The first-order valence-corrected chi connectivity index (χ1v) is 9.21. The number of nitrogens with two attached hydrogens (primary N) is 1. The first-order valence-electron chi connectivity index (χ1n) is 9.21. The van der Waals surface area contributed by atoms with Gasteiger partial charge in [0.2, 0.25) is 0 Å². The van der Waals surface area contributed by atoms with Crippen LogP contribution in [0.2, 0.25) is 0 Å². The van der Waals surface area contributed by atoms with E-state index < -0.39 is 0 Å². The van der Waals surface area contributed by atoms with Crippen molar-refractivity contribution in [3.05, 3.63) is 23.3 Å². The summed E-state index contributed by atoms with van der Waals surface area (Å²) in [5, 5.41) is 0. The Kier molecular flexibility index (Phi) is 5.81. The van der Waals surface area contributed by atoms with Gasteiger partial charge in [-0.3, -0.25) is 4.79 Å². The summed E-state index contributed by atoms with van der Waals surface area (Å²) in [6.45, 7) is 6.88. The zero-order valence-electron chi connectivity index (χ0n) is 15.1. The molecular weight excluding hydrogens is 320 g/mol. The van der Waals surface area contributed by atoms with E-state index in [4.69, 9.17) is 19.9 Å². The lowest BCUT2D eigenvalue weighted by Gasteiger charge is -2.31. The maximum Gasteiger partial charge on any atom is 0.252 e. The quantitative estimate of drug-likeness (QED) is 0.850. The van der Waals surface area contributed by atoms with Gasteiger partial charge in [0.25, 0.3) is 5.91 Å². The number of nitrogens with zero attached hydrogens (tertiary/aromatic N) is 1. The smallest absolute Gasteiger partial charge is 0.252 e. The molecule has 138 valence electrons. The molecule has 1 aromatic carbocycles. The summed E-state index contributed by atoms with van der Waals surface area (Å²) in [4.78, 5) is 14.6. The van der Waals surface area contributed by atoms with E-state index in [1.54, 1.807) is 0 Å². The van der Waals surface area contributed by atoms with Gasteiger partial charge in [-0.1, -0.05) is 0 Å². The molecule has 0 bridgehead atoms. The van der Waals surface area contributed by atoms with E-state index >= 15 is 0 Å². The standard InChI is InChI=1S/C19H28N2O4/c1-3-23-17-9-13-7-8-21(12-14(13)10-18(17)24-4-2)19(22)16-6-5-15(11-20)25-16/h9-10,15-16H,3-8,11-12,20H2,1-2H3/t15-,16+/m1/s1. The topological polar surface area (TPSA) is 74.0 Å². The van der Waals surface area contributed by atoms with Gasteiger partial charge in [-0.2, -0.15) is 0 Å². The van der Waals surface area contributed by atoms with Crippen LogP contribution >= 0.6 is 0 Å². The second kappa shape index (κ2) is 8.06. The van der Waals surface area contributed by atoms with Crippen molar-refractivity contribution in [2.24, 2.45) is 5.73 Å². The number of benzene rings is 1. The molecule has 6 nitrogen and oxygen atoms in total. The predicted octanol–water partition coefficient (Wildman–Crippen LogP) is 1.87. The molecule has 1 fully saturated rings. The third-order valence-electron chi connectivity index (χ3n) is 4.84. The van der Waals surface area contributed by atoms with Crippen LogP contribution in [0.4, 0.5) is 0 Å². The molecule has 0 aliphatic carbocycles. The van der Waals surface area contributed by atoms with Crippen molar-refractivity contribution in [3.8, 4) is 11.5 Å². The summed E-state index contributed by atoms with van der Waals surface area (Å²) in [6, 6.07) is 4.07. The average molecular weight is 348 g/mol. The van der Waals surface area contributed by atoms with Crippen molar-refractivity contribution in [1.82, 2.24) is 4.90 Å². The van der Waals surface area contributed by atoms with Crippen LogP contribution in [0.1, 0.15) is 37.8 Å². The minimum absolute atomic E-state index is 0.0179. The number of amides is 1. The summed E-state index contributed by atoms with van der Waals surface area (Å²) >= 11 is 0. The van der Waals surface area contributed by atoms with E-state index in [2.05, 4.69) is 6.07 Å². The number of rotatable bonds is 6. The molecule has 0 unspecified atom stereocenters. The van der Waals surface area contributed by atoms with Gasteiger partial charge in [-0.25, -0.2) is 0 Å². The Morgan fingerprint density at radius 2 is 1.88 bits per heavy atom. The van der Waals surface area contributed by atoms with E-state index in [-0.39, 0.29) is 18.1 Å². The number of hydrogen-bond acceptors (Lipinski definition) is 5. The summed E-state index contributed by atoms with van der Waals surface area (Å²) in [5.41, 5.74) is 8.00. The lowest BCUT2D eigenvalue weighted by molar-refractivity contribution is -0.143. The van der Waals surface area contributed by atoms with Crippen molar-refractivity contribution < 1.29 is 19.0 Å². The molecule has 2 atom stereocenters. The minimum Gasteiger partial charge on any atom is -0.490 e. The van der Waals surface area contributed by atoms with Gasteiger partial charge in [0.1, 0.15) is 6.10 Å². The maximum atomic E-state index is 12.8. The first-order chi connectivity index (χ1) is 12.2. The van der Waals surface area contributed by atoms with Gasteiger partial charge in [0.05, 0.1) is 19.3 Å². The van der Waals surface area contributed by atoms with Crippen LogP contribution < -0.4 is 15.2 Å². The molecule has 6 heteroatoms. The zero-order chi connectivity index (χ0) is 17.8. The molecule has 2 aliphatic rings. The third kappa shape index (κ3) is 3.90. The summed E-state index contributed by atoms with van der Waals surface area (Å²) in [7, 11) is 0. The fraction of sp³-hybridized carbons (Fsp3) is 0.632. The Balaban J connectivity index is 1.74. The average Bonchev–Trinajstić information content (AvgIpc) is 3.11. The predicted molar refractivity (Wildman–Crippen MR) is 94.9 cm³/mol. The molecule has 0 saturated carbocycles. The number of carbonyl (C=O) groups is 1. The molecule has 0 radical (unpaired) electrons. The Hall–Kier alpha value is -1.79. The molecule has 3 rings (SSSR count). The van der Waals surface area contributed by atoms with Crippen molar-refractivity contribution in [1.29, 1.82) is 0 Å². The Morgan fingerprint density at radius 1 is 1.20 bits per heavy atom. The van der Waals surface area contributed by atoms with E-state index in [1.807, 2.05) is 24.8 Å². The number of hydrogen-bond donors (Lipinski definition) is 1. The first kappa shape index (κ1) is 18.0. The van der Waals surface area contributed by atoms with E-state index in [9.17, 15) is 4.79 Å². The van der Waals surface area contributed by atoms with Crippen LogP contribution in [0, 0.1) is 0 Å². The van der Waals surface area contributed by atoms with Gasteiger partial charge >= 0.3 is 0 Å². The van der Waals surface area contributed by atoms with Gasteiger partial charge in [0, 0.05) is 19.6 Å². The highest BCUT2D eigenvalue weighted by Crippen LogP contribution is 2.34. The molecule has 2 heterocycles. The molecule has 0 aromatic heterocycles. The summed E-state index contributed by atoms with van der Waals surface area (Å²) in [6.07, 6.45) is 2.12. The van der Waals surface area contributed by atoms with Crippen molar-refractivity contribution in [2.75, 3.05) is 26.3 Å². The maximum absolute atomic E-state index is 12.8. The molecule has 2 aliphatic heterocycles. The van der Waals surface area contributed by atoms with E-state index in [0.717, 1.165) is 36.3 Å². The number of carbonyl (C=O) groups excluding carboxylic acids is 1. The van der Waals surface area contributed by atoms with Gasteiger partial charge in [0.15, 0.2) is 11.5 Å². The molecule has 1 aromatic rings. The molecule has 1 saturated heterocycles. The monoisotopic (exact) mass is 348 g/mol. The fourth-order valence-corrected chi connectivity index (χ4v) is 3.55. The summed E-state index contributed by atoms with van der Waals surface area (Å²) < 4.78 is 17.2. The second-order valence-electron chi connectivity index (χ2n) is 6.50. The molecule has 1 amide bonds. The molecule has 0 spiro atoms. The minimum atomic E-state index is -0.343. The van der Waals surface area contributed by atoms with Gasteiger partial charge in [-0.05, 0) is 56.4 Å². The van der Waals surface area contributed by atoms with Crippen molar-refractivity contribution in [2.45, 2.75) is 51.9 Å². The highest BCUT2D eigenvalue weighted by atomic mass is 16.5. The Morgan fingerprint density at radius 3 is 2.48 bits per heavy atom. The van der Waals surface area contributed by atoms with Crippen molar-refractivity contribution in [3.63, 3.8) is 0 Å². The number of ether oxygens (including phenoxy) is 3. The lowest BCUT2D eigenvalue weighted by atomic mass is 9.98. The van der Waals surface area contributed by atoms with Crippen LogP contribution in [0.5, 0.6) is 11.5 Å². The third-order valence-corrected chi connectivity index (χ3v) is 4.84. The van der Waals surface area contributed by atoms with Crippen LogP contribution in [-0.4, -0.2) is 49.3 Å². The van der Waals surface area contributed by atoms with Crippen LogP contribution in [0.3, 0.4) is 0 Å². The Bertz CT molecular complexity index is 620. The summed E-state index contributed by atoms with van der Waals surface area (Å²) in [5.74, 6) is 1.61. The largest absolute Gasteiger partial charge is 0.490 e. The van der Waals surface area contributed by atoms with Crippen LogP contribution in [0.15, 0.2) is 12.1 Å². The van der Waals surface area contributed by atoms with E-state index in [1.165, 1.54) is 5.56 Å². The molecule has 25 heavy (non-hydrogen) atoms. The molecule has 2 N–H and O–H groups in total. The van der Waals surface area contributed by atoms with Gasteiger partial charge in [-0.15, -0.1) is 0 Å². The zero-order valence-corrected chi connectivity index (χ0v) is 15.1. The normalized spacial score (nSPS) is 22.6. The van der Waals surface area contributed by atoms with Crippen LogP contribution in [-0.2, 0) is 22.5 Å². The van der Waals surface area contributed by atoms with Crippen LogP contribution in [0.25, 0.3) is 0 Å². The van der Waals surface area contributed by atoms with Crippen molar-refractivity contribution >= 4 is 5.91 Å². The SMILES string of the molecule is CCOc1cc2c(cc1OCC)CN(C(=O)[C@@H]1CC[C@H](CN)O1)CC2. The highest BCUT2D eigenvalue weighted by molar-refractivity contribution is 5.81. The highest BCUT2D eigenvalue weighted by Gasteiger charge is 2.34. The van der Waals surface area contributed by atoms with Gasteiger partial charge < -0.3 is 24.8 Å².